The zero-order valence-corrected chi connectivity index (χ0v) is 14.9. The molecular formula is C12H24CaO11. The van der Waals surface area contributed by atoms with Crippen LogP contribution in [0.5, 0.6) is 0 Å². The van der Waals surface area contributed by atoms with Gasteiger partial charge in [-0.15, -0.1) is 0 Å². The molecule has 0 bridgehead atoms. The number of ether oxygens (including phenoxy) is 3. The molecule has 2 rings (SSSR count). The summed E-state index contributed by atoms with van der Waals surface area (Å²) in [6.07, 6.45) is -15.6. The van der Waals surface area contributed by atoms with Crippen molar-refractivity contribution in [3.8, 4) is 0 Å². The smallest absolute Gasteiger partial charge is 1.00 e. The van der Waals surface area contributed by atoms with Crippen molar-refractivity contribution >= 4 is 37.7 Å². The molecule has 0 aliphatic carbocycles. The fourth-order valence-corrected chi connectivity index (χ4v) is 2.57. The van der Waals surface area contributed by atoms with E-state index in [-0.39, 0.29) is 40.6 Å². The maximum Gasteiger partial charge on any atom is 2.00 e. The molecule has 0 unspecified atom stereocenters. The fourth-order valence-electron chi connectivity index (χ4n) is 2.57. The number of aliphatic hydroxyl groups is 8. The van der Waals surface area contributed by atoms with E-state index >= 15 is 0 Å². The predicted octanol–water partition coefficient (Wildman–Crippen LogP) is -5.55. The molecule has 2 aliphatic heterocycles. The second-order valence-corrected chi connectivity index (χ2v) is 5.53. The van der Waals surface area contributed by atoms with Crippen LogP contribution in [0.1, 0.15) is 2.85 Å². The minimum atomic E-state index is -1.74. The van der Waals surface area contributed by atoms with Crippen LogP contribution in [0.4, 0.5) is 0 Å². The van der Waals surface area contributed by atoms with Gasteiger partial charge >= 0.3 is 37.7 Å². The van der Waals surface area contributed by atoms with E-state index in [4.69, 9.17) is 19.3 Å². The minimum absolute atomic E-state index is 0. The van der Waals surface area contributed by atoms with E-state index in [0.717, 1.165) is 0 Å². The van der Waals surface area contributed by atoms with Crippen LogP contribution in [0.2, 0.25) is 0 Å². The van der Waals surface area contributed by atoms with Crippen molar-refractivity contribution < 1.29 is 57.9 Å². The zero-order chi connectivity index (χ0) is 17.3. The van der Waals surface area contributed by atoms with Crippen molar-refractivity contribution in [1.82, 2.24) is 0 Å². The summed E-state index contributed by atoms with van der Waals surface area (Å²) in [6, 6.07) is 0. The van der Waals surface area contributed by atoms with E-state index in [0.29, 0.717) is 0 Å². The van der Waals surface area contributed by atoms with Gasteiger partial charge in [-0.1, -0.05) is 0 Å². The van der Waals surface area contributed by atoms with Gasteiger partial charge < -0.3 is 57.9 Å². The second kappa shape index (κ2) is 9.67. The molecule has 11 nitrogen and oxygen atoms in total. The van der Waals surface area contributed by atoms with Gasteiger partial charge in [-0.05, 0) is 0 Å². The van der Waals surface area contributed by atoms with Crippen LogP contribution in [0, 0.1) is 0 Å². The van der Waals surface area contributed by atoms with E-state index in [1.807, 2.05) is 0 Å². The quantitative estimate of drug-likeness (QED) is 0.216. The van der Waals surface area contributed by atoms with Crippen LogP contribution in [0.25, 0.3) is 0 Å². The molecular weight excluding hydrogens is 360 g/mol. The Balaban J connectivity index is 0. The van der Waals surface area contributed by atoms with E-state index in [2.05, 4.69) is 0 Å². The number of rotatable bonds is 4. The summed E-state index contributed by atoms with van der Waals surface area (Å²) in [7, 11) is 0. The van der Waals surface area contributed by atoms with Gasteiger partial charge in [0, 0.05) is 0 Å². The average Bonchev–Trinajstić information content (AvgIpc) is 2.55. The van der Waals surface area contributed by atoms with Gasteiger partial charge in [0.1, 0.15) is 48.8 Å². The molecule has 24 heavy (non-hydrogen) atoms. The zero-order valence-electron chi connectivity index (χ0n) is 14.7. The van der Waals surface area contributed by atoms with E-state index in [1.54, 1.807) is 0 Å². The summed E-state index contributed by atoms with van der Waals surface area (Å²) < 4.78 is 15.3. The summed E-state index contributed by atoms with van der Waals surface area (Å²) in [6.45, 7) is -1.35. The third kappa shape index (κ3) is 4.56. The van der Waals surface area contributed by atoms with E-state index in [1.165, 1.54) is 0 Å². The molecule has 140 valence electrons. The first-order valence-corrected chi connectivity index (χ1v) is 7.08. The molecule has 2 heterocycles. The fraction of sp³-hybridized carbons (Fsp3) is 1.00. The van der Waals surface area contributed by atoms with Crippen LogP contribution in [0.15, 0.2) is 0 Å². The van der Waals surface area contributed by atoms with Crippen LogP contribution in [0.3, 0.4) is 0 Å². The Labute approximate surface area is 170 Å². The molecule has 8 N–H and O–H groups in total. The Morgan fingerprint density at radius 2 is 1.29 bits per heavy atom. The molecule has 0 aromatic carbocycles. The van der Waals surface area contributed by atoms with E-state index in [9.17, 15) is 35.7 Å². The third-order valence-electron chi connectivity index (χ3n) is 3.98. The molecule has 10 atom stereocenters. The topological polar surface area (TPSA) is 190 Å². The Hall–Kier alpha value is 0.820. The normalized spacial score (nSPS) is 49.5. The van der Waals surface area contributed by atoms with Gasteiger partial charge in [-0.25, -0.2) is 0 Å². The number of aliphatic hydroxyl groups excluding tert-OH is 8. The first-order valence-electron chi connectivity index (χ1n) is 7.08. The first kappa shape index (κ1) is 22.9. The van der Waals surface area contributed by atoms with Crippen LogP contribution in [-0.2, 0) is 14.2 Å². The third-order valence-corrected chi connectivity index (χ3v) is 3.98. The second-order valence-electron chi connectivity index (χ2n) is 5.53. The molecule has 2 aliphatic rings. The summed E-state index contributed by atoms with van der Waals surface area (Å²) in [4.78, 5) is 0. The van der Waals surface area contributed by atoms with Crippen molar-refractivity contribution in [2.45, 2.75) is 61.4 Å². The molecule has 0 aromatic heterocycles. The predicted molar refractivity (Wildman–Crippen MR) is 76.6 cm³/mol. The van der Waals surface area contributed by atoms with Gasteiger partial charge in [0.05, 0.1) is 13.2 Å². The van der Waals surface area contributed by atoms with Crippen molar-refractivity contribution in [3.63, 3.8) is 0 Å². The van der Waals surface area contributed by atoms with Gasteiger partial charge in [0.2, 0.25) is 0 Å². The Morgan fingerprint density at radius 1 is 0.708 bits per heavy atom. The molecule has 0 amide bonds. The van der Waals surface area contributed by atoms with Crippen molar-refractivity contribution in [3.05, 3.63) is 0 Å². The summed E-state index contributed by atoms with van der Waals surface area (Å²) in [5, 5.41) is 76.5. The van der Waals surface area contributed by atoms with Crippen molar-refractivity contribution in [2.75, 3.05) is 13.2 Å². The molecule has 2 saturated heterocycles. The maximum atomic E-state index is 9.94. The summed E-state index contributed by atoms with van der Waals surface area (Å²) >= 11 is 0. The molecule has 0 saturated carbocycles. The first-order chi connectivity index (χ1) is 10.8. The van der Waals surface area contributed by atoms with Crippen LogP contribution < -0.4 is 0 Å². The summed E-state index contributed by atoms with van der Waals surface area (Å²) in [5.41, 5.74) is 0. The van der Waals surface area contributed by atoms with Crippen LogP contribution in [-0.4, -0.2) is 153 Å². The molecule has 0 aromatic rings. The molecule has 0 spiro atoms. The standard InChI is InChI=1S/C12H22O11.Ca.2H/c13-1-3-5(15)6(16)9(19)12(22-3)23-10-4(2-14)21-11(20)8(18)7(10)17;;;/h3-20H,1-2H2;;;/q;+2;2*-1/t3-,4-,5-,6+,7-,8-,9-,10-,11-,12-;;;/m1.../s1. The average molecular weight is 384 g/mol. The van der Waals surface area contributed by atoms with Crippen LogP contribution >= 0.6 is 0 Å². The Bertz CT molecular complexity index is 394. The van der Waals surface area contributed by atoms with Gasteiger partial charge in [-0.2, -0.15) is 0 Å². The minimum Gasteiger partial charge on any atom is -1.00 e. The monoisotopic (exact) mass is 384 g/mol. The largest absolute Gasteiger partial charge is 2.00 e. The Kier molecular flexibility index (Phi) is 9.21. The Morgan fingerprint density at radius 3 is 1.83 bits per heavy atom. The van der Waals surface area contributed by atoms with Gasteiger partial charge in [0.25, 0.3) is 0 Å². The van der Waals surface area contributed by atoms with Crippen molar-refractivity contribution in [2.24, 2.45) is 0 Å². The summed E-state index contributed by atoms with van der Waals surface area (Å²) in [5.74, 6) is 0. The molecule has 0 radical (unpaired) electrons. The molecule has 2 fully saturated rings. The van der Waals surface area contributed by atoms with Crippen molar-refractivity contribution in [1.29, 1.82) is 0 Å². The molecule has 12 heteroatoms. The maximum absolute atomic E-state index is 9.94. The van der Waals surface area contributed by atoms with E-state index < -0.39 is 74.6 Å². The number of hydrogen-bond acceptors (Lipinski definition) is 11. The number of hydrogen-bond donors (Lipinski definition) is 8. The van der Waals surface area contributed by atoms with Gasteiger partial charge in [-0.3, -0.25) is 0 Å². The SMILES string of the molecule is OC[C@H]1O[C@H](O[C@H]2[C@H](O)[C@@H](O)[C@H](O)O[C@@H]2CO)[C@H](O)[C@@H](O)[C@@H]1O.[Ca+2].[H-].[H-]. The van der Waals surface area contributed by atoms with Gasteiger partial charge in [0.15, 0.2) is 12.6 Å².